The van der Waals surface area contributed by atoms with E-state index in [2.05, 4.69) is 17.2 Å². The summed E-state index contributed by atoms with van der Waals surface area (Å²) in [5, 5.41) is 5.35. The van der Waals surface area contributed by atoms with Crippen molar-refractivity contribution in [2.75, 3.05) is 5.73 Å². The number of nitrogen functional groups attached to an aromatic ring is 1. The molecule has 1 aliphatic carbocycles. The molecular weight excluding hydrogens is 174 g/mol. The number of nitrogens with zero attached hydrogens (tertiary/aromatic N) is 2. The average Bonchev–Trinajstić information content (AvgIpc) is 2.92. The molecule has 1 aromatic carbocycles. The lowest BCUT2D eigenvalue weighted by Crippen LogP contribution is -1.98. The molecule has 2 aromatic rings. The Kier molecular flexibility index (Phi) is 1.40. The van der Waals surface area contributed by atoms with Crippen molar-refractivity contribution >= 4 is 16.6 Å². The quantitative estimate of drug-likeness (QED) is 0.694. The second-order valence-corrected chi connectivity index (χ2v) is 4.05. The van der Waals surface area contributed by atoms with Gasteiger partial charge in [0.15, 0.2) is 0 Å². The highest BCUT2D eigenvalue weighted by atomic mass is 15.3. The molecular formula is C11H13N3. The van der Waals surface area contributed by atoms with Crippen molar-refractivity contribution in [1.29, 1.82) is 0 Å². The van der Waals surface area contributed by atoms with Crippen LogP contribution in [0.3, 0.4) is 0 Å². The Morgan fingerprint density at radius 3 is 2.93 bits per heavy atom. The summed E-state index contributed by atoms with van der Waals surface area (Å²) in [7, 11) is 1.94. The Morgan fingerprint density at radius 1 is 1.43 bits per heavy atom. The highest BCUT2D eigenvalue weighted by Crippen LogP contribution is 2.44. The van der Waals surface area contributed by atoms with Gasteiger partial charge < -0.3 is 5.73 Å². The third-order valence-electron chi connectivity index (χ3n) is 2.99. The van der Waals surface area contributed by atoms with Gasteiger partial charge in [0.05, 0.1) is 17.4 Å². The molecule has 1 fully saturated rings. The van der Waals surface area contributed by atoms with Gasteiger partial charge in [-0.3, -0.25) is 4.68 Å². The van der Waals surface area contributed by atoms with Crippen LogP contribution in [0.5, 0.6) is 0 Å². The number of hydrogen-bond acceptors (Lipinski definition) is 2. The molecule has 72 valence electrons. The molecule has 1 heterocycles. The first kappa shape index (κ1) is 7.85. The minimum atomic E-state index is 0.703. The average molecular weight is 187 g/mol. The Hall–Kier alpha value is -1.51. The summed E-state index contributed by atoms with van der Waals surface area (Å²) in [6.07, 6.45) is 4.43. The van der Waals surface area contributed by atoms with Gasteiger partial charge in [-0.05, 0) is 24.3 Å². The molecule has 3 nitrogen and oxygen atoms in total. The van der Waals surface area contributed by atoms with Gasteiger partial charge >= 0.3 is 0 Å². The second kappa shape index (κ2) is 2.50. The fraction of sp³-hybridized carbons (Fsp3) is 0.364. The Bertz CT molecular complexity index is 494. The van der Waals surface area contributed by atoms with Crippen molar-refractivity contribution in [2.45, 2.75) is 18.8 Å². The first-order valence-electron chi connectivity index (χ1n) is 4.97. The van der Waals surface area contributed by atoms with Gasteiger partial charge in [0, 0.05) is 12.4 Å². The number of aryl methyl sites for hydroxylation is 1. The van der Waals surface area contributed by atoms with Crippen molar-refractivity contribution in [1.82, 2.24) is 9.78 Å². The zero-order chi connectivity index (χ0) is 9.71. The van der Waals surface area contributed by atoms with E-state index in [0.717, 1.165) is 16.6 Å². The molecule has 1 aromatic heterocycles. The van der Waals surface area contributed by atoms with Crippen molar-refractivity contribution in [3.05, 3.63) is 23.9 Å². The Morgan fingerprint density at radius 2 is 2.21 bits per heavy atom. The summed E-state index contributed by atoms with van der Waals surface area (Å²) in [4.78, 5) is 0. The van der Waals surface area contributed by atoms with Gasteiger partial charge in [-0.1, -0.05) is 12.1 Å². The molecule has 0 unspecified atom stereocenters. The van der Waals surface area contributed by atoms with Gasteiger partial charge in [0.25, 0.3) is 0 Å². The van der Waals surface area contributed by atoms with E-state index in [0.29, 0.717) is 5.92 Å². The van der Waals surface area contributed by atoms with Crippen LogP contribution in [-0.4, -0.2) is 9.78 Å². The third-order valence-corrected chi connectivity index (χ3v) is 2.99. The lowest BCUT2D eigenvalue weighted by molar-refractivity contribution is 0.797. The number of benzene rings is 1. The minimum Gasteiger partial charge on any atom is -0.397 e. The summed E-state index contributed by atoms with van der Waals surface area (Å²) in [5.41, 5.74) is 9.45. The van der Waals surface area contributed by atoms with Crippen molar-refractivity contribution in [3.63, 3.8) is 0 Å². The van der Waals surface area contributed by atoms with E-state index in [-0.39, 0.29) is 0 Å². The van der Waals surface area contributed by atoms with E-state index in [1.165, 1.54) is 18.4 Å². The van der Waals surface area contributed by atoms with Crippen molar-refractivity contribution in [3.8, 4) is 0 Å². The molecule has 3 rings (SSSR count). The molecule has 3 heteroatoms. The summed E-state index contributed by atoms with van der Waals surface area (Å²) < 4.78 is 1.86. The SMILES string of the molecule is Cn1ncc2ccc(C3CC3)c(N)c21. The first-order chi connectivity index (χ1) is 6.77. The number of hydrogen-bond donors (Lipinski definition) is 1. The van der Waals surface area contributed by atoms with Gasteiger partial charge in [0.1, 0.15) is 0 Å². The minimum absolute atomic E-state index is 0.703. The van der Waals surface area contributed by atoms with E-state index in [1.54, 1.807) is 0 Å². The van der Waals surface area contributed by atoms with E-state index in [4.69, 9.17) is 5.73 Å². The van der Waals surface area contributed by atoms with Crippen LogP contribution in [-0.2, 0) is 7.05 Å². The van der Waals surface area contributed by atoms with Crippen LogP contribution in [0.1, 0.15) is 24.3 Å². The molecule has 1 saturated carbocycles. The summed E-state index contributed by atoms with van der Waals surface area (Å²) in [6, 6.07) is 4.27. The lowest BCUT2D eigenvalue weighted by atomic mass is 10.1. The normalized spacial score (nSPS) is 16.4. The fourth-order valence-electron chi connectivity index (χ4n) is 2.06. The molecule has 0 amide bonds. The fourth-order valence-corrected chi connectivity index (χ4v) is 2.06. The van der Waals surface area contributed by atoms with E-state index in [9.17, 15) is 0 Å². The van der Waals surface area contributed by atoms with Crippen molar-refractivity contribution in [2.24, 2.45) is 7.05 Å². The van der Waals surface area contributed by atoms with Crippen LogP contribution >= 0.6 is 0 Å². The van der Waals surface area contributed by atoms with Crippen LogP contribution in [0.25, 0.3) is 10.9 Å². The lowest BCUT2D eigenvalue weighted by Gasteiger charge is -2.06. The molecule has 0 aliphatic heterocycles. The highest BCUT2D eigenvalue weighted by molar-refractivity contribution is 5.91. The maximum absolute atomic E-state index is 6.14. The summed E-state index contributed by atoms with van der Waals surface area (Å²) in [5.74, 6) is 0.703. The molecule has 0 radical (unpaired) electrons. The monoisotopic (exact) mass is 187 g/mol. The molecule has 1 aliphatic rings. The van der Waals surface area contributed by atoms with E-state index >= 15 is 0 Å². The standard InChI is InChI=1S/C11H13N3/c1-14-11-8(6-13-14)4-5-9(10(11)12)7-2-3-7/h4-7H,2-3,12H2,1H3. The molecule has 14 heavy (non-hydrogen) atoms. The van der Waals surface area contributed by atoms with Crippen LogP contribution in [0.2, 0.25) is 0 Å². The van der Waals surface area contributed by atoms with E-state index < -0.39 is 0 Å². The first-order valence-corrected chi connectivity index (χ1v) is 4.97. The van der Waals surface area contributed by atoms with E-state index in [1.807, 2.05) is 17.9 Å². The zero-order valence-corrected chi connectivity index (χ0v) is 8.20. The van der Waals surface area contributed by atoms with Crippen molar-refractivity contribution < 1.29 is 0 Å². The number of aromatic nitrogens is 2. The summed E-state index contributed by atoms with van der Waals surface area (Å²) in [6.45, 7) is 0. The van der Waals surface area contributed by atoms with Crippen LogP contribution in [0, 0.1) is 0 Å². The van der Waals surface area contributed by atoms with Crippen LogP contribution in [0.15, 0.2) is 18.3 Å². The maximum atomic E-state index is 6.14. The van der Waals surface area contributed by atoms with Gasteiger partial charge in [-0.2, -0.15) is 5.10 Å². The molecule has 0 atom stereocenters. The molecule has 0 bridgehead atoms. The molecule has 0 saturated heterocycles. The molecule has 2 N–H and O–H groups in total. The largest absolute Gasteiger partial charge is 0.397 e. The summed E-state index contributed by atoms with van der Waals surface area (Å²) >= 11 is 0. The highest BCUT2D eigenvalue weighted by Gasteiger charge is 2.26. The predicted molar refractivity (Wildman–Crippen MR) is 57.1 cm³/mol. The number of anilines is 1. The zero-order valence-electron chi connectivity index (χ0n) is 8.20. The van der Waals surface area contributed by atoms with Gasteiger partial charge in [-0.25, -0.2) is 0 Å². The molecule has 0 spiro atoms. The Labute approximate surface area is 82.5 Å². The maximum Gasteiger partial charge on any atom is 0.0911 e. The number of nitrogens with two attached hydrogens (primary N) is 1. The number of rotatable bonds is 1. The van der Waals surface area contributed by atoms with Crippen LogP contribution < -0.4 is 5.73 Å². The Balaban J connectivity index is 2.33. The smallest absolute Gasteiger partial charge is 0.0911 e. The predicted octanol–water partition coefficient (Wildman–Crippen LogP) is 2.03. The third kappa shape index (κ3) is 0.953. The number of fused-ring (bicyclic) bond motifs is 1. The second-order valence-electron chi connectivity index (χ2n) is 4.05. The van der Waals surface area contributed by atoms with Crippen LogP contribution in [0.4, 0.5) is 5.69 Å². The van der Waals surface area contributed by atoms with Gasteiger partial charge in [-0.15, -0.1) is 0 Å². The van der Waals surface area contributed by atoms with Gasteiger partial charge in [0.2, 0.25) is 0 Å². The topological polar surface area (TPSA) is 43.8 Å².